The molecule has 0 aromatic heterocycles. The van der Waals surface area contributed by atoms with Crippen LogP contribution < -0.4 is 0 Å². The van der Waals surface area contributed by atoms with Gasteiger partial charge in [0.05, 0.1) is 0 Å². The highest BCUT2D eigenvalue weighted by atomic mass is 14.2. The Bertz CT molecular complexity index is 2570. The number of benzene rings is 9. The lowest BCUT2D eigenvalue weighted by Gasteiger charge is -2.21. The summed E-state index contributed by atoms with van der Waals surface area (Å²) < 4.78 is 0. The Balaban J connectivity index is 1.39. The van der Waals surface area contributed by atoms with Crippen molar-refractivity contribution in [2.24, 2.45) is 0 Å². The average molecular weight is 609 g/mol. The second-order valence-electron chi connectivity index (χ2n) is 12.4. The predicted molar refractivity (Wildman–Crippen MR) is 206 cm³/mol. The molecule has 0 unspecified atom stereocenters. The third-order valence-electron chi connectivity index (χ3n) is 9.67. The van der Waals surface area contributed by atoms with Crippen molar-refractivity contribution in [2.45, 2.75) is 0 Å². The van der Waals surface area contributed by atoms with E-state index in [4.69, 9.17) is 0 Å². The summed E-state index contributed by atoms with van der Waals surface area (Å²) in [6.45, 7) is 0. The Hall–Kier alpha value is -6.24. The summed E-state index contributed by atoms with van der Waals surface area (Å²) in [5.74, 6) is 0. The highest BCUT2D eigenvalue weighted by Crippen LogP contribution is 2.48. The van der Waals surface area contributed by atoms with Crippen LogP contribution in [-0.4, -0.2) is 0 Å². The molecule has 9 rings (SSSR count). The van der Waals surface area contributed by atoms with Gasteiger partial charge in [-0.3, -0.25) is 0 Å². The highest BCUT2D eigenvalue weighted by Gasteiger charge is 2.21. The van der Waals surface area contributed by atoms with E-state index in [0.29, 0.717) is 0 Å². The summed E-state index contributed by atoms with van der Waals surface area (Å²) in [5, 5.41) is 7.57. The molecule has 0 heteroatoms. The van der Waals surface area contributed by atoms with Crippen LogP contribution in [0.15, 0.2) is 194 Å². The molecule has 48 heavy (non-hydrogen) atoms. The maximum Gasteiger partial charge on any atom is -0.00141 e. The van der Waals surface area contributed by atoms with E-state index < -0.39 is 0 Å². The van der Waals surface area contributed by atoms with E-state index in [-0.39, 0.29) is 0 Å². The molecule has 0 aliphatic rings. The first kappa shape index (κ1) is 28.0. The molecule has 0 saturated carbocycles. The lowest BCUT2D eigenvalue weighted by atomic mass is 9.82. The number of fused-ring (bicyclic) bond motifs is 3. The van der Waals surface area contributed by atoms with Gasteiger partial charge in [0.2, 0.25) is 0 Å². The highest BCUT2D eigenvalue weighted by molar-refractivity contribution is 6.26. The third kappa shape index (κ3) is 4.78. The van der Waals surface area contributed by atoms with Crippen LogP contribution in [0, 0.1) is 0 Å². The quantitative estimate of drug-likeness (QED) is 0.171. The third-order valence-corrected chi connectivity index (χ3v) is 9.67. The van der Waals surface area contributed by atoms with E-state index in [2.05, 4.69) is 194 Å². The summed E-state index contributed by atoms with van der Waals surface area (Å²) in [6.07, 6.45) is 0. The average Bonchev–Trinajstić information content (AvgIpc) is 3.17. The van der Waals surface area contributed by atoms with Crippen molar-refractivity contribution in [1.29, 1.82) is 0 Å². The van der Waals surface area contributed by atoms with E-state index in [0.717, 1.165) is 0 Å². The van der Waals surface area contributed by atoms with Gasteiger partial charge < -0.3 is 0 Å². The molecule has 0 spiro atoms. The van der Waals surface area contributed by atoms with Crippen LogP contribution in [-0.2, 0) is 0 Å². The molecule has 0 bridgehead atoms. The minimum atomic E-state index is 1.21. The summed E-state index contributed by atoms with van der Waals surface area (Å²) in [5.41, 5.74) is 12.4. The Labute approximate surface area is 281 Å². The molecular formula is C48H32. The van der Waals surface area contributed by atoms with Gasteiger partial charge in [-0.15, -0.1) is 0 Å². The van der Waals surface area contributed by atoms with Crippen molar-refractivity contribution in [1.82, 2.24) is 0 Å². The lowest BCUT2D eigenvalue weighted by Crippen LogP contribution is -1.94. The van der Waals surface area contributed by atoms with E-state index >= 15 is 0 Å². The second-order valence-corrected chi connectivity index (χ2v) is 12.4. The van der Waals surface area contributed by atoms with Crippen LogP contribution in [0.2, 0.25) is 0 Å². The van der Waals surface area contributed by atoms with Crippen LogP contribution in [0.4, 0.5) is 0 Å². The molecule has 0 amide bonds. The molecule has 0 aliphatic heterocycles. The minimum absolute atomic E-state index is 1.21. The van der Waals surface area contributed by atoms with Gasteiger partial charge in [0.15, 0.2) is 0 Å². The van der Waals surface area contributed by atoms with Gasteiger partial charge in [0.25, 0.3) is 0 Å². The van der Waals surface area contributed by atoms with Crippen molar-refractivity contribution in [3.63, 3.8) is 0 Å². The minimum Gasteiger partial charge on any atom is -0.0622 e. The maximum absolute atomic E-state index is 2.35. The summed E-state index contributed by atoms with van der Waals surface area (Å²) in [4.78, 5) is 0. The predicted octanol–water partition coefficient (Wildman–Crippen LogP) is 13.5. The fraction of sp³-hybridized carbons (Fsp3) is 0. The van der Waals surface area contributed by atoms with Crippen LogP contribution in [0.1, 0.15) is 0 Å². The summed E-state index contributed by atoms with van der Waals surface area (Å²) in [6, 6.07) is 70.7. The van der Waals surface area contributed by atoms with Gasteiger partial charge in [-0.2, -0.15) is 0 Å². The fourth-order valence-corrected chi connectivity index (χ4v) is 7.46. The first-order valence-electron chi connectivity index (χ1n) is 16.6. The van der Waals surface area contributed by atoms with Crippen molar-refractivity contribution >= 4 is 32.3 Å². The van der Waals surface area contributed by atoms with E-state index in [1.165, 1.54) is 88.0 Å². The van der Waals surface area contributed by atoms with Gasteiger partial charge in [-0.05, 0) is 94.0 Å². The zero-order valence-electron chi connectivity index (χ0n) is 26.5. The van der Waals surface area contributed by atoms with Crippen molar-refractivity contribution in [2.75, 3.05) is 0 Å². The maximum atomic E-state index is 2.35. The topological polar surface area (TPSA) is 0 Å². The molecule has 0 N–H and O–H groups in total. The van der Waals surface area contributed by atoms with Gasteiger partial charge >= 0.3 is 0 Å². The van der Waals surface area contributed by atoms with Crippen LogP contribution >= 0.6 is 0 Å². The first-order chi connectivity index (χ1) is 23.8. The Morgan fingerprint density at radius 1 is 0.229 bits per heavy atom. The zero-order valence-corrected chi connectivity index (χ0v) is 26.5. The monoisotopic (exact) mass is 608 g/mol. The fourth-order valence-electron chi connectivity index (χ4n) is 7.46. The smallest absolute Gasteiger partial charge is 0.00141 e. The van der Waals surface area contributed by atoms with Gasteiger partial charge in [-0.25, -0.2) is 0 Å². The molecule has 9 aromatic rings. The van der Waals surface area contributed by atoms with E-state index in [1.54, 1.807) is 0 Å². The van der Waals surface area contributed by atoms with Gasteiger partial charge in [0.1, 0.15) is 0 Å². The molecule has 0 radical (unpaired) electrons. The summed E-state index contributed by atoms with van der Waals surface area (Å²) in [7, 11) is 0. The lowest BCUT2D eigenvalue weighted by molar-refractivity contribution is 1.59. The van der Waals surface area contributed by atoms with E-state index in [9.17, 15) is 0 Å². The Kier molecular flexibility index (Phi) is 6.91. The van der Waals surface area contributed by atoms with Crippen LogP contribution in [0.3, 0.4) is 0 Å². The normalized spacial score (nSPS) is 11.3. The summed E-state index contributed by atoms with van der Waals surface area (Å²) >= 11 is 0. The van der Waals surface area contributed by atoms with Crippen LogP contribution in [0.25, 0.3) is 88.0 Å². The molecule has 9 aromatic carbocycles. The Morgan fingerprint density at radius 3 is 1.44 bits per heavy atom. The van der Waals surface area contributed by atoms with Crippen LogP contribution in [0.5, 0.6) is 0 Å². The Morgan fingerprint density at radius 2 is 0.688 bits per heavy atom. The number of rotatable bonds is 5. The van der Waals surface area contributed by atoms with Crippen molar-refractivity contribution in [3.8, 4) is 55.6 Å². The number of hydrogen-bond acceptors (Lipinski definition) is 0. The van der Waals surface area contributed by atoms with E-state index in [1.807, 2.05) is 0 Å². The standard InChI is InChI=1S/C48H32/c1-3-14-33(15-4-1)35-28-30-37(31-29-35)46-43-23-9-10-24-44(43)47(42-26-12-19-36-18-7-8-22-40(36)42)45-27-13-25-41(48(45)46)39-21-11-20-38(32-39)34-16-5-2-6-17-34/h1-32H. The molecule has 0 aliphatic carbocycles. The molecule has 0 heterocycles. The molecule has 0 atom stereocenters. The van der Waals surface area contributed by atoms with Gasteiger partial charge in [0, 0.05) is 0 Å². The van der Waals surface area contributed by atoms with Crippen molar-refractivity contribution in [3.05, 3.63) is 194 Å². The molecule has 224 valence electrons. The van der Waals surface area contributed by atoms with Gasteiger partial charge in [-0.1, -0.05) is 188 Å². The van der Waals surface area contributed by atoms with Crippen molar-refractivity contribution < 1.29 is 0 Å². The molecular weight excluding hydrogens is 577 g/mol. The molecule has 0 nitrogen and oxygen atoms in total. The number of hydrogen-bond donors (Lipinski definition) is 0. The second kappa shape index (κ2) is 11.8. The first-order valence-corrected chi connectivity index (χ1v) is 16.6. The largest absolute Gasteiger partial charge is 0.0622 e. The SMILES string of the molecule is c1ccc(-c2ccc(-c3c4ccccc4c(-c4cccc5ccccc45)c4cccc(-c5cccc(-c6ccccc6)c5)c34)cc2)cc1. The molecule has 0 fully saturated rings. The molecule has 0 saturated heterocycles. The zero-order chi connectivity index (χ0) is 31.9.